The highest BCUT2D eigenvalue weighted by molar-refractivity contribution is 5.35. The van der Waals surface area contributed by atoms with E-state index in [-0.39, 0.29) is 58.7 Å². The van der Waals surface area contributed by atoms with E-state index in [4.69, 9.17) is 18.9 Å². The van der Waals surface area contributed by atoms with E-state index < -0.39 is 17.8 Å². The zero-order valence-corrected chi connectivity index (χ0v) is 20.2. The number of likely N-dealkylation sites (tertiary alicyclic amines) is 1. The van der Waals surface area contributed by atoms with Gasteiger partial charge in [0, 0.05) is 81.9 Å². The normalized spacial score (nSPS) is 60.1. The summed E-state index contributed by atoms with van der Waals surface area (Å²) >= 11 is 0. The Hall–Kier alpha value is -0.280. The first-order valence-electron chi connectivity index (χ1n) is 12.6. The highest BCUT2D eigenvalue weighted by Gasteiger charge is 2.86. The maximum Gasteiger partial charge on any atom is 0.0827 e. The molecular formula is C25H41NO6. The second-order valence-electron chi connectivity index (χ2n) is 11.7. The molecule has 1 spiro atoms. The Bertz CT molecular complexity index is 767. The fourth-order valence-corrected chi connectivity index (χ4v) is 11.0. The van der Waals surface area contributed by atoms with Crippen LogP contribution in [-0.4, -0.2) is 99.3 Å². The summed E-state index contributed by atoms with van der Waals surface area (Å²) in [5, 5.41) is 23.6. The van der Waals surface area contributed by atoms with Crippen LogP contribution < -0.4 is 0 Å². The molecule has 0 amide bonds. The Morgan fingerprint density at radius 2 is 1.84 bits per heavy atom. The van der Waals surface area contributed by atoms with E-state index in [2.05, 4.69) is 11.8 Å². The third-order valence-electron chi connectivity index (χ3n) is 11.5. The summed E-state index contributed by atoms with van der Waals surface area (Å²) in [6.07, 6.45) is 2.51. The number of hydrogen-bond acceptors (Lipinski definition) is 7. The maximum absolute atomic E-state index is 11.9. The first-order valence-corrected chi connectivity index (χ1v) is 12.6. The predicted octanol–water partition coefficient (Wildman–Crippen LogP) is 1.16. The molecule has 6 rings (SSSR count). The SMILES string of the molecule is CCN1CC2(COC)CCC(O)C34C5CC6C(OC)CC(OC)(C5C6O)C(C(OC)C23)C14. The highest BCUT2D eigenvalue weighted by Crippen LogP contribution is 2.79. The van der Waals surface area contributed by atoms with Gasteiger partial charge in [0.1, 0.15) is 0 Å². The summed E-state index contributed by atoms with van der Waals surface area (Å²) in [6, 6.07) is 0.186. The van der Waals surface area contributed by atoms with Crippen molar-refractivity contribution in [3.05, 3.63) is 0 Å². The second kappa shape index (κ2) is 7.12. The Balaban J connectivity index is 1.64. The van der Waals surface area contributed by atoms with Crippen LogP contribution in [0.2, 0.25) is 0 Å². The fraction of sp³-hybridized carbons (Fsp3) is 1.00. The summed E-state index contributed by atoms with van der Waals surface area (Å²) in [5.41, 5.74) is -0.864. The zero-order chi connectivity index (χ0) is 22.6. The molecule has 13 atom stereocenters. The van der Waals surface area contributed by atoms with Gasteiger partial charge in [0.05, 0.1) is 36.6 Å². The van der Waals surface area contributed by atoms with Crippen LogP contribution in [0.3, 0.4) is 0 Å². The fourth-order valence-electron chi connectivity index (χ4n) is 11.0. The van der Waals surface area contributed by atoms with E-state index in [9.17, 15) is 10.2 Å². The van der Waals surface area contributed by atoms with Crippen LogP contribution in [-0.2, 0) is 18.9 Å². The van der Waals surface area contributed by atoms with Gasteiger partial charge in [0.25, 0.3) is 0 Å². The van der Waals surface area contributed by atoms with Gasteiger partial charge >= 0.3 is 0 Å². The van der Waals surface area contributed by atoms with E-state index >= 15 is 0 Å². The lowest BCUT2D eigenvalue weighted by Gasteiger charge is -2.69. The van der Waals surface area contributed by atoms with E-state index in [1.165, 1.54) is 0 Å². The topological polar surface area (TPSA) is 80.6 Å². The third-order valence-corrected chi connectivity index (χ3v) is 11.5. The molecule has 6 aliphatic rings. The molecule has 1 aliphatic heterocycles. The number of ether oxygens (including phenoxy) is 4. The summed E-state index contributed by atoms with van der Waals surface area (Å²) in [5.74, 6) is 0.597. The number of fused-ring (bicyclic) bond motifs is 2. The first kappa shape index (κ1) is 22.2. The smallest absolute Gasteiger partial charge is 0.0827 e. The standard InChI is InChI=1S/C25H41NO6/c1-6-26-11-23(12-29-2)8-7-16(27)25-14-9-13-15(30-3)10-24(32-5,17(14)19(13)28)18(22(25)26)20(31-4)21(23)25/h13-22,27-28H,6-12H2,1-5H3. The zero-order valence-electron chi connectivity index (χ0n) is 20.2. The number of nitrogens with zero attached hydrogens (tertiary/aromatic N) is 1. The van der Waals surface area contributed by atoms with Crippen LogP contribution >= 0.6 is 0 Å². The molecule has 5 aliphatic carbocycles. The molecule has 13 unspecified atom stereocenters. The number of aliphatic hydroxyl groups excluding tert-OH is 2. The van der Waals surface area contributed by atoms with Crippen LogP contribution in [0.4, 0.5) is 0 Å². The van der Waals surface area contributed by atoms with Crippen LogP contribution in [0.1, 0.15) is 32.6 Å². The van der Waals surface area contributed by atoms with Crippen molar-refractivity contribution in [3.8, 4) is 0 Å². The lowest BCUT2D eigenvalue weighted by Crippen LogP contribution is -2.76. The largest absolute Gasteiger partial charge is 0.392 e. The van der Waals surface area contributed by atoms with Gasteiger partial charge in [0.2, 0.25) is 0 Å². The van der Waals surface area contributed by atoms with Crippen LogP contribution in [0, 0.1) is 40.4 Å². The van der Waals surface area contributed by atoms with Crippen molar-refractivity contribution in [2.45, 2.75) is 68.7 Å². The third kappa shape index (κ3) is 2.15. The average Bonchev–Trinajstić information content (AvgIpc) is 3.19. The number of hydrogen-bond donors (Lipinski definition) is 2. The average molecular weight is 452 g/mol. The van der Waals surface area contributed by atoms with Crippen LogP contribution in [0.25, 0.3) is 0 Å². The molecule has 2 N–H and O–H groups in total. The Kier molecular flexibility index (Phi) is 4.94. The summed E-state index contributed by atoms with van der Waals surface area (Å²) in [6.45, 7) is 4.84. The van der Waals surface area contributed by atoms with Gasteiger partial charge in [-0.25, -0.2) is 0 Å². The molecule has 182 valence electrons. The number of methoxy groups -OCH3 is 4. The van der Waals surface area contributed by atoms with Gasteiger partial charge in [-0.3, -0.25) is 4.90 Å². The molecule has 0 aromatic rings. The van der Waals surface area contributed by atoms with Crippen LogP contribution in [0.15, 0.2) is 0 Å². The minimum atomic E-state index is -0.512. The molecule has 0 aromatic heterocycles. The molecule has 0 radical (unpaired) electrons. The van der Waals surface area contributed by atoms with Crippen molar-refractivity contribution in [3.63, 3.8) is 0 Å². The van der Waals surface area contributed by atoms with Crippen molar-refractivity contribution in [1.82, 2.24) is 4.90 Å². The van der Waals surface area contributed by atoms with Crippen LogP contribution in [0.5, 0.6) is 0 Å². The van der Waals surface area contributed by atoms with Crippen molar-refractivity contribution >= 4 is 0 Å². The van der Waals surface area contributed by atoms with Crippen molar-refractivity contribution in [1.29, 1.82) is 0 Å². The predicted molar refractivity (Wildman–Crippen MR) is 117 cm³/mol. The van der Waals surface area contributed by atoms with Crippen molar-refractivity contribution < 1.29 is 29.2 Å². The minimum Gasteiger partial charge on any atom is -0.392 e. The molecule has 7 heteroatoms. The highest BCUT2D eigenvalue weighted by atomic mass is 16.5. The molecule has 32 heavy (non-hydrogen) atoms. The van der Waals surface area contributed by atoms with E-state index in [1.54, 1.807) is 7.11 Å². The van der Waals surface area contributed by atoms with E-state index in [1.807, 2.05) is 21.3 Å². The molecule has 1 heterocycles. The lowest BCUT2D eigenvalue weighted by atomic mass is 9.43. The van der Waals surface area contributed by atoms with Gasteiger partial charge < -0.3 is 29.2 Å². The van der Waals surface area contributed by atoms with Gasteiger partial charge in [-0.2, -0.15) is 0 Å². The summed E-state index contributed by atoms with van der Waals surface area (Å²) in [4.78, 5) is 2.62. The van der Waals surface area contributed by atoms with Crippen molar-refractivity contribution in [2.24, 2.45) is 40.4 Å². The van der Waals surface area contributed by atoms with Gasteiger partial charge in [-0.15, -0.1) is 0 Å². The van der Waals surface area contributed by atoms with Gasteiger partial charge in [-0.1, -0.05) is 6.92 Å². The molecular weight excluding hydrogens is 410 g/mol. The lowest BCUT2D eigenvalue weighted by molar-refractivity contribution is -0.278. The number of piperidine rings is 1. The maximum atomic E-state index is 11.9. The number of rotatable bonds is 6. The summed E-state index contributed by atoms with van der Waals surface area (Å²) < 4.78 is 24.9. The summed E-state index contributed by atoms with van der Waals surface area (Å²) in [7, 11) is 7.24. The van der Waals surface area contributed by atoms with Crippen molar-refractivity contribution in [2.75, 3.05) is 48.1 Å². The second-order valence-corrected chi connectivity index (χ2v) is 11.7. The monoisotopic (exact) mass is 451 g/mol. The molecule has 7 bridgehead atoms. The van der Waals surface area contributed by atoms with E-state index in [0.29, 0.717) is 6.61 Å². The molecule has 6 fully saturated rings. The molecule has 0 aromatic carbocycles. The molecule has 1 saturated heterocycles. The molecule has 7 nitrogen and oxygen atoms in total. The molecule has 5 saturated carbocycles. The van der Waals surface area contributed by atoms with Gasteiger partial charge in [-0.05, 0) is 31.7 Å². The van der Waals surface area contributed by atoms with Gasteiger partial charge in [0.15, 0.2) is 0 Å². The minimum absolute atomic E-state index is 0.0117. The first-order chi connectivity index (χ1) is 15.4. The number of aliphatic hydroxyl groups is 2. The van der Waals surface area contributed by atoms with E-state index in [0.717, 1.165) is 38.8 Å². The Morgan fingerprint density at radius 1 is 1.06 bits per heavy atom. The Morgan fingerprint density at radius 3 is 2.47 bits per heavy atom. The Labute approximate surface area is 191 Å². The quantitative estimate of drug-likeness (QED) is 0.627.